The summed E-state index contributed by atoms with van der Waals surface area (Å²) in [4.78, 5) is 28.7. The van der Waals surface area contributed by atoms with Gasteiger partial charge in [-0.05, 0) is 36.8 Å². The van der Waals surface area contributed by atoms with Crippen LogP contribution in [0, 0.1) is 0 Å². The molecule has 2 aromatic rings. The van der Waals surface area contributed by atoms with Crippen molar-refractivity contribution >= 4 is 17.5 Å². The second-order valence-corrected chi connectivity index (χ2v) is 6.11. The Kier molecular flexibility index (Phi) is 5.03. The Morgan fingerprint density at radius 1 is 1.08 bits per heavy atom. The largest absolute Gasteiger partial charge is 0.497 e. The molecule has 2 amide bonds. The lowest BCUT2D eigenvalue weighted by molar-refractivity contribution is -0.140. The Labute approximate surface area is 147 Å². The van der Waals surface area contributed by atoms with Gasteiger partial charge in [-0.15, -0.1) is 0 Å². The summed E-state index contributed by atoms with van der Waals surface area (Å²) in [5.74, 6) is 0.681. The summed E-state index contributed by atoms with van der Waals surface area (Å²) in [5.41, 5.74) is 1.79. The number of hydrogen-bond donors (Lipinski definition) is 0. The van der Waals surface area contributed by atoms with Gasteiger partial charge < -0.3 is 14.5 Å². The van der Waals surface area contributed by atoms with Gasteiger partial charge in [0.05, 0.1) is 13.5 Å². The first-order valence-corrected chi connectivity index (χ1v) is 8.39. The third-order valence-electron chi connectivity index (χ3n) is 4.56. The molecule has 1 saturated heterocycles. The van der Waals surface area contributed by atoms with Crippen LogP contribution in [0.3, 0.4) is 0 Å². The van der Waals surface area contributed by atoms with Gasteiger partial charge in [0.1, 0.15) is 11.8 Å². The molecule has 0 bridgehead atoms. The molecule has 1 fully saturated rings. The highest BCUT2D eigenvalue weighted by molar-refractivity contribution is 6.00. The first-order valence-electron chi connectivity index (χ1n) is 8.39. The van der Waals surface area contributed by atoms with Crippen molar-refractivity contribution in [3.63, 3.8) is 0 Å². The van der Waals surface area contributed by atoms with Gasteiger partial charge in [-0.25, -0.2) is 0 Å². The molecule has 25 heavy (non-hydrogen) atoms. The second kappa shape index (κ2) is 7.38. The lowest BCUT2D eigenvalue weighted by Crippen LogP contribution is -2.58. The Bertz CT molecular complexity index is 743. The van der Waals surface area contributed by atoms with Gasteiger partial charge >= 0.3 is 0 Å². The average molecular weight is 338 g/mol. The van der Waals surface area contributed by atoms with E-state index in [0.717, 1.165) is 17.0 Å². The number of anilines is 1. The molecule has 0 N–H and O–H groups in total. The van der Waals surface area contributed by atoms with Crippen LogP contribution in [0.1, 0.15) is 12.5 Å². The lowest BCUT2D eigenvalue weighted by atomic mass is 10.1. The van der Waals surface area contributed by atoms with E-state index in [1.165, 1.54) is 0 Å². The smallest absolute Gasteiger partial charge is 0.249 e. The predicted octanol–water partition coefficient (Wildman–Crippen LogP) is 2.50. The number of rotatable bonds is 4. The van der Waals surface area contributed by atoms with Crippen molar-refractivity contribution in [1.82, 2.24) is 4.90 Å². The van der Waals surface area contributed by atoms with Gasteiger partial charge in [-0.1, -0.05) is 30.3 Å². The number of hydrogen-bond acceptors (Lipinski definition) is 3. The van der Waals surface area contributed by atoms with Gasteiger partial charge in [0.25, 0.3) is 0 Å². The van der Waals surface area contributed by atoms with Crippen molar-refractivity contribution < 1.29 is 14.3 Å². The van der Waals surface area contributed by atoms with E-state index >= 15 is 0 Å². The molecule has 0 aliphatic carbocycles. The van der Waals surface area contributed by atoms with E-state index in [9.17, 15) is 9.59 Å². The van der Waals surface area contributed by atoms with Crippen LogP contribution < -0.4 is 9.64 Å². The minimum atomic E-state index is -0.466. The summed E-state index contributed by atoms with van der Waals surface area (Å²) in [7, 11) is 1.61. The highest BCUT2D eigenvalue weighted by Gasteiger charge is 2.34. The van der Waals surface area contributed by atoms with Gasteiger partial charge in [-0.3, -0.25) is 9.59 Å². The molecule has 5 heteroatoms. The van der Waals surface area contributed by atoms with E-state index in [-0.39, 0.29) is 11.8 Å². The summed E-state index contributed by atoms with van der Waals surface area (Å²) in [6.45, 7) is 2.82. The van der Waals surface area contributed by atoms with Crippen molar-refractivity contribution in [3.05, 3.63) is 60.2 Å². The first-order chi connectivity index (χ1) is 12.1. The Morgan fingerprint density at radius 3 is 2.40 bits per heavy atom. The number of piperazine rings is 1. The molecule has 0 spiro atoms. The van der Waals surface area contributed by atoms with Crippen LogP contribution in [0.5, 0.6) is 5.75 Å². The standard InChI is InChI=1S/C20H22N2O3/c1-15-20(24)22(17-8-10-18(25-2)11-9-17)13-12-21(15)19(23)14-16-6-4-3-5-7-16/h3-11,15H,12-14H2,1-2H3. The Morgan fingerprint density at radius 2 is 1.76 bits per heavy atom. The summed E-state index contributed by atoms with van der Waals surface area (Å²) < 4.78 is 5.15. The highest BCUT2D eigenvalue weighted by Crippen LogP contribution is 2.23. The zero-order valence-corrected chi connectivity index (χ0v) is 14.5. The molecule has 1 aliphatic heterocycles. The predicted molar refractivity (Wildman–Crippen MR) is 96.7 cm³/mol. The number of benzene rings is 2. The van der Waals surface area contributed by atoms with Crippen molar-refractivity contribution in [3.8, 4) is 5.75 Å². The van der Waals surface area contributed by atoms with Gasteiger partial charge in [0, 0.05) is 18.8 Å². The topological polar surface area (TPSA) is 49.9 Å². The third kappa shape index (κ3) is 3.65. The molecular weight excluding hydrogens is 316 g/mol. The van der Waals surface area contributed by atoms with Crippen molar-refractivity contribution in [2.45, 2.75) is 19.4 Å². The van der Waals surface area contributed by atoms with Crippen LogP contribution in [0.25, 0.3) is 0 Å². The molecule has 0 aromatic heterocycles. The fourth-order valence-electron chi connectivity index (χ4n) is 3.10. The second-order valence-electron chi connectivity index (χ2n) is 6.11. The first kappa shape index (κ1) is 17.0. The van der Waals surface area contributed by atoms with Crippen molar-refractivity contribution in [1.29, 1.82) is 0 Å². The molecule has 130 valence electrons. The highest BCUT2D eigenvalue weighted by atomic mass is 16.5. The molecule has 1 aliphatic rings. The lowest BCUT2D eigenvalue weighted by Gasteiger charge is -2.39. The maximum Gasteiger partial charge on any atom is 0.249 e. The van der Waals surface area contributed by atoms with Crippen molar-refractivity contribution in [2.75, 3.05) is 25.1 Å². The minimum absolute atomic E-state index is 0.0126. The average Bonchev–Trinajstić information content (AvgIpc) is 2.65. The fraction of sp³-hybridized carbons (Fsp3) is 0.300. The molecule has 1 unspecified atom stereocenters. The van der Waals surface area contributed by atoms with E-state index in [4.69, 9.17) is 4.74 Å². The molecule has 0 saturated carbocycles. The van der Waals surface area contributed by atoms with Crippen LogP contribution in [0.15, 0.2) is 54.6 Å². The van der Waals surface area contributed by atoms with Gasteiger partial charge in [0.2, 0.25) is 11.8 Å². The van der Waals surface area contributed by atoms with Crippen LogP contribution in [-0.4, -0.2) is 43.0 Å². The number of ether oxygens (including phenoxy) is 1. The molecule has 1 heterocycles. The molecule has 0 radical (unpaired) electrons. The van der Waals surface area contributed by atoms with E-state index in [0.29, 0.717) is 19.5 Å². The van der Waals surface area contributed by atoms with Crippen LogP contribution in [0.4, 0.5) is 5.69 Å². The van der Waals surface area contributed by atoms with Gasteiger partial charge in [0.15, 0.2) is 0 Å². The van der Waals surface area contributed by atoms with Crippen LogP contribution >= 0.6 is 0 Å². The molecular formula is C20H22N2O3. The zero-order chi connectivity index (χ0) is 17.8. The molecule has 3 rings (SSSR count). The summed E-state index contributed by atoms with van der Waals surface area (Å²) in [5, 5.41) is 0. The minimum Gasteiger partial charge on any atom is -0.497 e. The Hall–Kier alpha value is -2.82. The zero-order valence-electron chi connectivity index (χ0n) is 14.5. The summed E-state index contributed by atoms with van der Waals surface area (Å²) in [6.07, 6.45) is 0.320. The number of methoxy groups -OCH3 is 1. The van der Waals surface area contributed by atoms with E-state index in [2.05, 4.69) is 0 Å². The maximum atomic E-state index is 12.7. The number of nitrogens with zero attached hydrogens (tertiary/aromatic N) is 2. The Balaban J connectivity index is 1.69. The van der Waals surface area contributed by atoms with E-state index < -0.39 is 6.04 Å². The van der Waals surface area contributed by atoms with Crippen molar-refractivity contribution in [2.24, 2.45) is 0 Å². The number of carbonyl (C=O) groups is 2. The summed E-state index contributed by atoms with van der Waals surface area (Å²) >= 11 is 0. The number of carbonyl (C=O) groups excluding carboxylic acids is 2. The van der Waals surface area contributed by atoms with Crippen LogP contribution in [-0.2, 0) is 16.0 Å². The monoisotopic (exact) mass is 338 g/mol. The molecule has 5 nitrogen and oxygen atoms in total. The molecule has 1 atom stereocenters. The quantitative estimate of drug-likeness (QED) is 0.861. The van der Waals surface area contributed by atoms with E-state index in [1.54, 1.807) is 23.8 Å². The third-order valence-corrected chi connectivity index (χ3v) is 4.56. The number of amides is 2. The van der Waals surface area contributed by atoms with E-state index in [1.807, 2.05) is 54.6 Å². The van der Waals surface area contributed by atoms with Crippen LogP contribution in [0.2, 0.25) is 0 Å². The fourth-order valence-corrected chi connectivity index (χ4v) is 3.10. The maximum absolute atomic E-state index is 12.7. The van der Waals surface area contributed by atoms with Gasteiger partial charge in [-0.2, -0.15) is 0 Å². The summed E-state index contributed by atoms with van der Waals surface area (Å²) in [6, 6.07) is 16.5. The molecule has 2 aromatic carbocycles. The normalized spacial score (nSPS) is 17.5. The SMILES string of the molecule is COc1ccc(N2CCN(C(=O)Cc3ccccc3)C(C)C2=O)cc1.